The van der Waals surface area contributed by atoms with Gasteiger partial charge in [0.1, 0.15) is 12.4 Å². The Hall–Kier alpha value is -1.84. The third-order valence-electron chi connectivity index (χ3n) is 5.94. The standard InChI is InChI=1S/C21H29NO3/c1-3-16(4-2)20(23)17-12-18-10-11-19(13-17)22(18)21(24)25-14-15-8-6-5-7-9-15/h5-9,16-19H,3-4,10-14H2,1-2H3. The summed E-state index contributed by atoms with van der Waals surface area (Å²) >= 11 is 0. The van der Waals surface area contributed by atoms with Gasteiger partial charge in [0.15, 0.2) is 0 Å². The van der Waals surface area contributed by atoms with Gasteiger partial charge in [-0.2, -0.15) is 0 Å². The van der Waals surface area contributed by atoms with Crippen LogP contribution in [0.3, 0.4) is 0 Å². The lowest BCUT2D eigenvalue weighted by atomic mass is 9.81. The number of Topliss-reactive ketones (excluding diaryl/α,β-unsaturated/α-hetero) is 1. The van der Waals surface area contributed by atoms with E-state index < -0.39 is 0 Å². The molecule has 1 aromatic rings. The van der Waals surface area contributed by atoms with Crippen molar-refractivity contribution in [1.82, 2.24) is 4.90 Å². The van der Waals surface area contributed by atoms with Gasteiger partial charge in [-0.15, -0.1) is 0 Å². The van der Waals surface area contributed by atoms with E-state index in [1.807, 2.05) is 35.2 Å². The third-order valence-corrected chi connectivity index (χ3v) is 5.94. The van der Waals surface area contributed by atoms with Crippen LogP contribution in [0.15, 0.2) is 30.3 Å². The van der Waals surface area contributed by atoms with Gasteiger partial charge < -0.3 is 9.64 Å². The predicted octanol–water partition coefficient (Wildman–Crippen LogP) is 4.57. The van der Waals surface area contributed by atoms with Crippen molar-refractivity contribution < 1.29 is 14.3 Å². The summed E-state index contributed by atoms with van der Waals surface area (Å²) in [4.78, 5) is 27.2. The lowest BCUT2D eigenvalue weighted by Crippen LogP contribution is -2.48. The van der Waals surface area contributed by atoms with E-state index in [2.05, 4.69) is 13.8 Å². The fourth-order valence-electron chi connectivity index (χ4n) is 4.53. The van der Waals surface area contributed by atoms with Crippen LogP contribution in [-0.4, -0.2) is 28.9 Å². The summed E-state index contributed by atoms with van der Waals surface area (Å²) in [5, 5.41) is 0. The predicted molar refractivity (Wildman–Crippen MR) is 97.1 cm³/mol. The first-order chi connectivity index (χ1) is 12.1. The summed E-state index contributed by atoms with van der Waals surface area (Å²) in [7, 11) is 0. The Balaban J connectivity index is 1.59. The number of amides is 1. The number of carbonyl (C=O) groups is 2. The molecule has 1 amide bonds. The molecule has 25 heavy (non-hydrogen) atoms. The molecule has 0 radical (unpaired) electrons. The highest BCUT2D eigenvalue weighted by Gasteiger charge is 2.46. The topological polar surface area (TPSA) is 46.6 Å². The number of rotatable bonds is 6. The van der Waals surface area contributed by atoms with Crippen molar-refractivity contribution in [3.63, 3.8) is 0 Å². The molecule has 4 nitrogen and oxygen atoms in total. The zero-order valence-corrected chi connectivity index (χ0v) is 15.3. The number of fused-ring (bicyclic) bond motifs is 2. The average Bonchev–Trinajstić information content (AvgIpc) is 2.91. The lowest BCUT2D eigenvalue weighted by molar-refractivity contribution is -0.129. The molecular weight excluding hydrogens is 314 g/mol. The third kappa shape index (κ3) is 3.88. The van der Waals surface area contributed by atoms with Crippen LogP contribution in [0.5, 0.6) is 0 Å². The van der Waals surface area contributed by atoms with Crippen molar-refractivity contribution in [2.75, 3.05) is 0 Å². The zero-order valence-electron chi connectivity index (χ0n) is 15.3. The van der Waals surface area contributed by atoms with Gasteiger partial charge in [0.2, 0.25) is 0 Å². The second-order valence-electron chi connectivity index (χ2n) is 7.42. The van der Waals surface area contributed by atoms with E-state index in [4.69, 9.17) is 4.74 Å². The highest BCUT2D eigenvalue weighted by atomic mass is 16.6. The minimum atomic E-state index is -0.218. The molecule has 136 valence electrons. The van der Waals surface area contributed by atoms with Crippen LogP contribution in [-0.2, 0) is 16.1 Å². The molecule has 2 unspecified atom stereocenters. The minimum Gasteiger partial charge on any atom is -0.445 e. The summed E-state index contributed by atoms with van der Waals surface area (Å²) in [5.74, 6) is 0.723. The fraction of sp³-hybridized carbons (Fsp3) is 0.619. The molecule has 2 saturated heterocycles. The molecule has 0 N–H and O–H groups in total. The van der Waals surface area contributed by atoms with E-state index >= 15 is 0 Å². The number of carbonyl (C=O) groups excluding carboxylic acids is 2. The Bertz CT molecular complexity index is 582. The second kappa shape index (κ2) is 8.03. The van der Waals surface area contributed by atoms with Crippen LogP contribution in [0.4, 0.5) is 4.79 Å². The average molecular weight is 343 g/mol. The number of hydrogen-bond acceptors (Lipinski definition) is 3. The smallest absolute Gasteiger partial charge is 0.410 e. The maximum atomic E-state index is 12.7. The first-order valence-electron chi connectivity index (χ1n) is 9.66. The number of benzene rings is 1. The van der Waals surface area contributed by atoms with Gasteiger partial charge in [-0.25, -0.2) is 4.79 Å². The summed E-state index contributed by atoms with van der Waals surface area (Å²) in [5.41, 5.74) is 1.00. The molecule has 2 aliphatic rings. The molecule has 0 aliphatic carbocycles. The molecule has 0 spiro atoms. The minimum absolute atomic E-state index is 0.126. The van der Waals surface area contributed by atoms with Crippen LogP contribution in [0, 0.1) is 11.8 Å². The highest BCUT2D eigenvalue weighted by Crippen LogP contribution is 2.40. The van der Waals surface area contributed by atoms with Crippen molar-refractivity contribution in [3.8, 4) is 0 Å². The quantitative estimate of drug-likeness (QED) is 0.760. The molecule has 4 heteroatoms. The van der Waals surface area contributed by atoms with Crippen LogP contribution in [0.25, 0.3) is 0 Å². The van der Waals surface area contributed by atoms with Crippen molar-refractivity contribution in [2.45, 2.75) is 71.1 Å². The van der Waals surface area contributed by atoms with E-state index in [1.165, 1.54) is 0 Å². The molecule has 2 atom stereocenters. The van der Waals surface area contributed by atoms with E-state index in [0.29, 0.717) is 12.4 Å². The van der Waals surface area contributed by atoms with E-state index in [0.717, 1.165) is 44.1 Å². The number of ketones is 1. The Morgan fingerprint density at radius 2 is 1.68 bits per heavy atom. The van der Waals surface area contributed by atoms with Crippen LogP contribution >= 0.6 is 0 Å². The largest absolute Gasteiger partial charge is 0.445 e. The molecule has 2 bridgehead atoms. The molecule has 2 fully saturated rings. The van der Waals surface area contributed by atoms with Gasteiger partial charge in [-0.1, -0.05) is 44.2 Å². The van der Waals surface area contributed by atoms with Crippen molar-refractivity contribution in [2.24, 2.45) is 11.8 Å². The molecule has 2 heterocycles. The zero-order chi connectivity index (χ0) is 17.8. The van der Waals surface area contributed by atoms with Gasteiger partial charge in [0, 0.05) is 23.9 Å². The SMILES string of the molecule is CCC(CC)C(=O)C1CC2CCC(C1)N2C(=O)OCc1ccccc1. The molecule has 0 aromatic heterocycles. The van der Waals surface area contributed by atoms with Crippen LogP contribution < -0.4 is 0 Å². The van der Waals surface area contributed by atoms with E-state index in [1.54, 1.807) is 0 Å². The Morgan fingerprint density at radius 3 is 2.24 bits per heavy atom. The number of ether oxygens (including phenoxy) is 1. The highest BCUT2D eigenvalue weighted by molar-refractivity contribution is 5.84. The first kappa shape index (κ1) is 18.0. The molecule has 2 aliphatic heterocycles. The van der Waals surface area contributed by atoms with Crippen molar-refractivity contribution >= 4 is 11.9 Å². The van der Waals surface area contributed by atoms with Crippen molar-refractivity contribution in [1.29, 1.82) is 0 Å². The van der Waals surface area contributed by atoms with Gasteiger partial charge in [0.25, 0.3) is 0 Å². The molecule has 1 aromatic carbocycles. The van der Waals surface area contributed by atoms with Crippen LogP contribution in [0.1, 0.15) is 57.9 Å². The van der Waals surface area contributed by atoms with Gasteiger partial charge in [0.05, 0.1) is 0 Å². The van der Waals surface area contributed by atoms with Crippen molar-refractivity contribution in [3.05, 3.63) is 35.9 Å². The summed E-state index contributed by atoms with van der Waals surface area (Å²) in [6, 6.07) is 10.1. The Labute approximate surface area is 150 Å². The summed E-state index contributed by atoms with van der Waals surface area (Å²) in [6.45, 7) is 4.50. The maximum absolute atomic E-state index is 12.7. The number of piperidine rings is 1. The maximum Gasteiger partial charge on any atom is 0.410 e. The first-order valence-corrected chi connectivity index (χ1v) is 9.66. The summed E-state index contributed by atoms with van der Waals surface area (Å²) in [6.07, 6.45) is 5.24. The Morgan fingerprint density at radius 1 is 1.08 bits per heavy atom. The van der Waals surface area contributed by atoms with Gasteiger partial charge in [-0.3, -0.25) is 4.79 Å². The van der Waals surface area contributed by atoms with Crippen LogP contribution in [0.2, 0.25) is 0 Å². The van der Waals surface area contributed by atoms with E-state index in [-0.39, 0.29) is 30.0 Å². The molecule has 3 rings (SSSR count). The summed E-state index contributed by atoms with van der Waals surface area (Å²) < 4.78 is 5.54. The van der Waals surface area contributed by atoms with E-state index in [9.17, 15) is 9.59 Å². The monoisotopic (exact) mass is 343 g/mol. The number of nitrogens with zero attached hydrogens (tertiary/aromatic N) is 1. The molecular formula is C21H29NO3. The Kier molecular flexibility index (Phi) is 5.77. The second-order valence-corrected chi connectivity index (χ2v) is 7.42. The normalized spacial score (nSPS) is 25.2. The lowest BCUT2D eigenvalue weighted by Gasteiger charge is -2.38. The fourth-order valence-corrected chi connectivity index (χ4v) is 4.53. The molecule has 0 saturated carbocycles. The number of hydrogen-bond donors (Lipinski definition) is 0. The van der Waals surface area contributed by atoms with Gasteiger partial charge in [-0.05, 0) is 44.1 Å². The van der Waals surface area contributed by atoms with Gasteiger partial charge >= 0.3 is 6.09 Å².